The van der Waals surface area contributed by atoms with Crippen LogP contribution in [0.5, 0.6) is 6.01 Å². The maximum absolute atomic E-state index is 6.10. The van der Waals surface area contributed by atoms with Crippen molar-refractivity contribution < 1.29 is 4.74 Å². The summed E-state index contributed by atoms with van der Waals surface area (Å²) in [6.07, 6.45) is 3.76. The molecule has 1 aromatic carbocycles. The van der Waals surface area contributed by atoms with E-state index in [0.717, 1.165) is 47.3 Å². The minimum Gasteiger partial charge on any atom is -0.460 e. The number of hydrogen-bond acceptors (Lipinski definition) is 7. The number of anilines is 1. The highest BCUT2D eigenvalue weighted by Crippen LogP contribution is 2.23. The van der Waals surface area contributed by atoms with E-state index in [9.17, 15) is 0 Å². The topological polar surface area (TPSA) is 96.3 Å². The van der Waals surface area contributed by atoms with Crippen LogP contribution in [0.2, 0.25) is 0 Å². The molecule has 0 saturated carbocycles. The number of rotatable bonds is 5. The summed E-state index contributed by atoms with van der Waals surface area (Å²) in [6.45, 7) is 2.51. The number of nitrogens with one attached hydrogen (secondary N) is 2. The van der Waals surface area contributed by atoms with E-state index in [4.69, 9.17) is 4.74 Å². The summed E-state index contributed by atoms with van der Waals surface area (Å²) < 4.78 is 8.56. The van der Waals surface area contributed by atoms with Crippen LogP contribution < -0.4 is 10.1 Å². The number of aromatic amines is 1. The van der Waals surface area contributed by atoms with Crippen molar-refractivity contribution in [3.63, 3.8) is 0 Å². The fraction of sp³-hybridized carbons (Fsp3) is 0.368. The number of halogens is 1. The average molecular weight is 457 g/mol. The molecule has 0 atom stereocenters. The highest BCUT2D eigenvalue weighted by molar-refractivity contribution is 9.10. The van der Waals surface area contributed by atoms with Crippen LogP contribution in [0.4, 0.5) is 5.95 Å². The van der Waals surface area contributed by atoms with E-state index in [-0.39, 0.29) is 6.10 Å². The van der Waals surface area contributed by atoms with Crippen molar-refractivity contribution in [3.05, 3.63) is 40.8 Å². The molecule has 5 rings (SSSR count). The Morgan fingerprint density at radius 2 is 2.03 bits per heavy atom. The number of H-pyrrole nitrogens is 1. The van der Waals surface area contributed by atoms with Gasteiger partial charge in [-0.3, -0.25) is 0 Å². The highest BCUT2D eigenvalue weighted by atomic mass is 79.9. The minimum atomic E-state index is 0.124. The van der Waals surface area contributed by atoms with Crippen molar-refractivity contribution in [1.82, 2.24) is 34.4 Å². The Balaban J connectivity index is 1.39. The Kier molecular flexibility index (Phi) is 4.80. The lowest BCUT2D eigenvalue weighted by atomic mass is 10.1. The number of likely N-dealkylation sites (tertiary alicyclic amines) is 1. The van der Waals surface area contributed by atoms with Gasteiger partial charge in [0.15, 0.2) is 5.65 Å². The summed E-state index contributed by atoms with van der Waals surface area (Å²) >= 11 is 3.51. The van der Waals surface area contributed by atoms with Crippen LogP contribution in [0.25, 0.3) is 16.7 Å². The predicted molar refractivity (Wildman–Crippen MR) is 113 cm³/mol. The van der Waals surface area contributed by atoms with Crippen molar-refractivity contribution in [1.29, 1.82) is 0 Å². The van der Waals surface area contributed by atoms with Gasteiger partial charge in [-0.1, -0.05) is 12.1 Å². The molecule has 29 heavy (non-hydrogen) atoms. The van der Waals surface area contributed by atoms with Crippen molar-refractivity contribution in [2.45, 2.75) is 25.5 Å². The molecular formula is C19H21BrN8O. The first kappa shape index (κ1) is 18.3. The fourth-order valence-electron chi connectivity index (χ4n) is 3.50. The molecule has 0 bridgehead atoms. The van der Waals surface area contributed by atoms with Gasteiger partial charge in [0.1, 0.15) is 11.9 Å². The third-order valence-corrected chi connectivity index (χ3v) is 5.65. The molecule has 4 heterocycles. The smallest absolute Gasteiger partial charge is 0.322 e. The summed E-state index contributed by atoms with van der Waals surface area (Å²) in [6, 6.07) is 8.31. The zero-order valence-electron chi connectivity index (χ0n) is 16.0. The van der Waals surface area contributed by atoms with Gasteiger partial charge in [0.25, 0.3) is 0 Å². The second-order valence-corrected chi connectivity index (χ2v) is 8.09. The van der Waals surface area contributed by atoms with Crippen molar-refractivity contribution in [3.8, 4) is 6.01 Å². The third-order valence-electron chi connectivity index (χ3n) is 5.09. The SMILES string of the molecule is CN1CCC(Oc2nc(NCc3nc4ccccc4[nH]3)n3ncc(Br)c3n2)CC1. The molecule has 0 aliphatic carbocycles. The molecule has 1 aliphatic heterocycles. The number of benzene rings is 1. The molecule has 0 amide bonds. The summed E-state index contributed by atoms with van der Waals surface area (Å²) in [5, 5.41) is 7.67. The molecule has 0 unspecified atom stereocenters. The number of imidazole rings is 1. The Bertz CT molecular complexity index is 1110. The molecule has 0 spiro atoms. The van der Waals surface area contributed by atoms with Crippen molar-refractivity contribution in [2.24, 2.45) is 0 Å². The first-order chi connectivity index (χ1) is 14.2. The molecular weight excluding hydrogens is 436 g/mol. The lowest BCUT2D eigenvalue weighted by Gasteiger charge is -2.28. The third kappa shape index (κ3) is 3.77. The van der Waals surface area contributed by atoms with Crippen LogP contribution >= 0.6 is 15.9 Å². The number of nitrogens with zero attached hydrogens (tertiary/aromatic N) is 6. The first-order valence-electron chi connectivity index (χ1n) is 9.60. The standard InChI is InChI=1S/C19H21BrN8O/c1-27-8-6-12(7-9-27)29-19-25-17-13(20)10-22-28(17)18(26-19)21-11-16-23-14-4-2-3-5-15(14)24-16/h2-5,10,12H,6-9,11H2,1H3,(H,23,24)(H,21,25,26). The van der Waals surface area contributed by atoms with Gasteiger partial charge < -0.3 is 19.9 Å². The van der Waals surface area contributed by atoms with E-state index in [1.165, 1.54) is 0 Å². The van der Waals surface area contributed by atoms with Gasteiger partial charge >= 0.3 is 6.01 Å². The number of para-hydroxylation sites is 2. The van der Waals surface area contributed by atoms with E-state index in [0.29, 0.717) is 24.2 Å². The largest absolute Gasteiger partial charge is 0.460 e. The molecule has 3 aromatic heterocycles. The van der Waals surface area contributed by atoms with Gasteiger partial charge in [0.2, 0.25) is 5.95 Å². The van der Waals surface area contributed by atoms with E-state index in [1.807, 2.05) is 24.3 Å². The van der Waals surface area contributed by atoms with Gasteiger partial charge in [0.05, 0.1) is 28.2 Å². The molecule has 9 nitrogen and oxygen atoms in total. The molecule has 1 aliphatic rings. The van der Waals surface area contributed by atoms with Crippen LogP contribution in [0.15, 0.2) is 34.9 Å². The molecule has 10 heteroatoms. The van der Waals surface area contributed by atoms with Crippen LogP contribution in [0.3, 0.4) is 0 Å². The summed E-state index contributed by atoms with van der Waals surface area (Å²) in [5.41, 5.74) is 2.60. The predicted octanol–water partition coefficient (Wildman–Crippen LogP) is 2.85. The van der Waals surface area contributed by atoms with Gasteiger partial charge in [-0.15, -0.1) is 0 Å². The summed E-state index contributed by atoms with van der Waals surface area (Å²) in [5.74, 6) is 1.38. The normalized spacial score (nSPS) is 15.9. The maximum atomic E-state index is 6.10. The lowest BCUT2D eigenvalue weighted by Crippen LogP contribution is -2.36. The monoisotopic (exact) mass is 456 g/mol. The molecule has 0 radical (unpaired) electrons. The molecule has 150 valence electrons. The zero-order valence-corrected chi connectivity index (χ0v) is 17.6. The second kappa shape index (κ2) is 7.60. The van der Waals surface area contributed by atoms with E-state index in [2.05, 4.69) is 58.2 Å². The quantitative estimate of drug-likeness (QED) is 0.476. The Morgan fingerprint density at radius 3 is 2.86 bits per heavy atom. The number of hydrogen-bond donors (Lipinski definition) is 2. The van der Waals surface area contributed by atoms with E-state index in [1.54, 1.807) is 10.7 Å². The summed E-state index contributed by atoms with van der Waals surface area (Å²) in [4.78, 5) is 19.3. The van der Waals surface area contributed by atoms with E-state index < -0.39 is 0 Å². The fourth-order valence-corrected chi connectivity index (χ4v) is 3.85. The van der Waals surface area contributed by atoms with Crippen LogP contribution in [-0.4, -0.2) is 60.7 Å². The lowest BCUT2D eigenvalue weighted by molar-refractivity contribution is 0.105. The summed E-state index contributed by atoms with van der Waals surface area (Å²) in [7, 11) is 2.13. The van der Waals surface area contributed by atoms with Crippen LogP contribution in [-0.2, 0) is 6.54 Å². The maximum Gasteiger partial charge on any atom is 0.322 e. The van der Waals surface area contributed by atoms with Gasteiger partial charge in [-0.2, -0.15) is 19.6 Å². The number of ether oxygens (including phenoxy) is 1. The Morgan fingerprint density at radius 1 is 1.21 bits per heavy atom. The zero-order chi connectivity index (χ0) is 19.8. The average Bonchev–Trinajstić information content (AvgIpc) is 3.31. The Labute approximate surface area is 175 Å². The molecule has 1 saturated heterocycles. The molecule has 1 fully saturated rings. The van der Waals surface area contributed by atoms with Gasteiger partial charge in [0, 0.05) is 13.1 Å². The minimum absolute atomic E-state index is 0.124. The van der Waals surface area contributed by atoms with Crippen molar-refractivity contribution >= 4 is 38.6 Å². The number of fused-ring (bicyclic) bond motifs is 2. The first-order valence-corrected chi connectivity index (χ1v) is 10.4. The van der Waals surface area contributed by atoms with Crippen LogP contribution in [0.1, 0.15) is 18.7 Å². The number of aromatic nitrogens is 6. The number of piperidine rings is 1. The van der Waals surface area contributed by atoms with E-state index >= 15 is 0 Å². The molecule has 4 aromatic rings. The van der Waals surface area contributed by atoms with Crippen LogP contribution in [0, 0.1) is 0 Å². The highest BCUT2D eigenvalue weighted by Gasteiger charge is 2.21. The van der Waals surface area contributed by atoms with Gasteiger partial charge in [-0.25, -0.2) is 4.98 Å². The van der Waals surface area contributed by atoms with Gasteiger partial charge in [-0.05, 0) is 48.0 Å². The second-order valence-electron chi connectivity index (χ2n) is 7.23. The van der Waals surface area contributed by atoms with Crippen molar-refractivity contribution in [2.75, 3.05) is 25.5 Å². The molecule has 2 N–H and O–H groups in total. The Hall–Kier alpha value is -2.72.